The quantitative estimate of drug-likeness (QED) is 0.167. The average Bonchev–Trinajstić information content (AvgIpc) is 3.52. The number of fused-ring (bicyclic) bond motifs is 1. The van der Waals surface area contributed by atoms with Crippen LogP contribution in [0.1, 0.15) is 5.89 Å². The second-order valence-electron chi connectivity index (χ2n) is 7.42. The summed E-state index contributed by atoms with van der Waals surface area (Å²) in [6.07, 6.45) is 1.76. The molecule has 196 valence electrons. The van der Waals surface area contributed by atoms with Gasteiger partial charge in [-0.2, -0.15) is 0 Å². The number of nitrogens with zero attached hydrogens (tertiary/aromatic N) is 2. The zero-order chi connectivity index (χ0) is 22.5. The first kappa shape index (κ1) is 44.3. The molecule has 0 aliphatic carbocycles. The van der Waals surface area contributed by atoms with Gasteiger partial charge >= 0.3 is 0 Å². The first-order valence-corrected chi connectivity index (χ1v) is 10.6. The summed E-state index contributed by atoms with van der Waals surface area (Å²) in [5.74, 6) is 1.91. The number of benzene rings is 4. The van der Waals surface area contributed by atoms with Crippen molar-refractivity contribution in [2.45, 2.75) is 0 Å². The molecule has 0 N–H and O–H groups in total. The maximum atomic E-state index is 5.74. The molecular weight excluding hydrogens is 800 g/mol. The van der Waals surface area contributed by atoms with E-state index in [4.69, 9.17) is 8.83 Å². The molecule has 0 aliphatic heterocycles. The molecule has 40 heavy (non-hydrogen) atoms. The Kier molecular flexibility index (Phi) is 24.8. The van der Waals surface area contributed by atoms with Gasteiger partial charge in [-0.3, -0.25) is 0 Å². The molecule has 0 bridgehead atoms. The van der Waals surface area contributed by atoms with E-state index in [1.165, 1.54) is 5.56 Å². The Labute approximate surface area is 339 Å². The normalized spacial score (nSPS) is 8.70. The number of rotatable bonds is 3. The van der Waals surface area contributed by atoms with Crippen molar-refractivity contribution < 1.29 is 140 Å². The molecule has 6 rings (SSSR count). The van der Waals surface area contributed by atoms with Crippen molar-refractivity contribution in [1.29, 1.82) is 0 Å². The minimum atomic E-state index is 0. The van der Waals surface area contributed by atoms with E-state index in [0.717, 1.165) is 33.6 Å². The van der Waals surface area contributed by atoms with E-state index in [9.17, 15) is 0 Å². The first-order valence-electron chi connectivity index (χ1n) is 10.6. The van der Waals surface area contributed by atoms with Crippen LogP contribution in [0, 0.1) is 29.2 Å². The molecule has 0 saturated heterocycles. The Morgan fingerprint density at radius 2 is 1.02 bits per heavy atom. The molecular formula is C32H30N2O2Y4-4. The Morgan fingerprint density at radius 1 is 0.525 bits per heavy atom. The second kappa shape index (κ2) is 22.4. The maximum Gasteiger partial charge on any atom is 0.226 e. The van der Waals surface area contributed by atoms with Gasteiger partial charge in [0.15, 0.2) is 11.3 Å². The van der Waals surface area contributed by atoms with E-state index in [1.54, 1.807) is 6.20 Å². The SMILES string of the molecule is [CH2-]c1nc2cc(-c3ccccc3)ccc2o1.[CH3-].[CH3-].[CH3-].[Y].[Y].[Y].[Y].c1ccc(-c2cnc(-c3ccccc3)o2)cc1. The van der Waals surface area contributed by atoms with Crippen molar-refractivity contribution in [3.05, 3.63) is 150 Å². The van der Waals surface area contributed by atoms with Gasteiger partial charge in [-0.15, -0.1) is 0 Å². The van der Waals surface area contributed by atoms with Crippen LogP contribution in [0.4, 0.5) is 0 Å². The third-order valence-corrected chi connectivity index (χ3v) is 5.12. The van der Waals surface area contributed by atoms with Crippen LogP contribution in [-0.2, 0) is 131 Å². The van der Waals surface area contributed by atoms with Gasteiger partial charge in [0.2, 0.25) is 5.89 Å². The summed E-state index contributed by atoms with van der Waals surface area (Å²) in [7, 11) is 0. The number of hydrogen-bond acceptors (Lipinski definition) is 4. The van der Waals surface area contributed by atoms with Crippen LogP contribution in [0.15, 0.2) is 124 Å². The Hall–Kier alpha value is -0.154. The third-order valence-electron chi connectivity index (χ3n) is 5.12. The minimum absolute atomic E-state index is 0. The summed E-state index contributed by atoms with van der Waals surface area (Å²) in [4.78, 5) is 8.52. The average molecular weight is 830 g/mol. The topological polar surface area (TPSA) is 52.1 Å². The smallest absolute Gasteiger partial charge is 0.226 e. The Balaban J connectivity index is -0.000000583. The first-order chi connectivity index (χ1) is 16.3. The molecule has 0 atom stereocenters. The summed E-state index contributed by atoms with van der Waals surface area (Å²) in [5.41, 5.74) is 5.99. The molecule has 2 aromatic heterocycles. The molecule has 6 aromatic rings. The van der Waals surface area contributed by atoms with Gasteiger partial charge in [0.05, 0.1) is 12.1 Å². The van der Waals surface area contributed by atoms with Crippen LogP contribution >= 0.6 is 0 Å². The van der Waals surface area contributed by atoms with Crippen LogP contribution in [0.3, 0.4) is 0 Å². The summed E-state index contributed by atoms with van der Waals surface area (Å²) in [6.45, 7) is 3.68. The van der Waals surface area contributed by atoms with Crippen molar-refractivity contribution in [3.8, 4) is 33.9 Å². The van der Waals surface area contributed by atoms with Crippen LogP contribution in [0.5, 0.6) is 0 Å². The molecule has 4 nitrogen and oxygen atoms in total. The Morgan fingerprint density at radius 3 is 1.57 bits per heavy atom. The fraction of sp³-hybridized carbons (Fsp3) is 0. The van der Waals surface area contributed by atoms with Crippen LogP contribution in [-0.4, -0.2) is 9.97 Å². The zero-order valence-electron chi connectivity index (χ0n) is 23.2. The molecule has 0 fully saturated rings. The molecule has 0 amide bonds. The molecule has 8 heteroatoms. The molecule has 4 aromatic carbocycles. The van der Waals surface area contributed by atoms with Gasteiger partial charge in [0.1, 0.15) is 5.52 Å². The number of hydrogen-bond donors (Lipinski definition) is 0. The summed E-state index contributed by atoms with van der Waals surface area (Å²) in [5, 5.41) is 0. The van der Waals surface area contributed by atoms with Crippen LogP contribution in [0.2, 0.25) is 0 Å². The standard InChI is InChI=1S/C15H11NO.C14H10NO.3CH3.4Y/c1-3-7-12(8-4-1)14-11-16-15(17-14)13-9-5-2-6-10-13;1-10-15-13-9-12(7-8-14(13)16-10)11-5-3-2-4-6-11;;;;;;;/h1-11H;2-9H,1H2;3*1H3;;;;/q;4*-1;;;;. The molecule has 4 radical (unpaired) electrons. The van der Waals surface area contributed by atoms with Crippen LogP contribution < -0.4 is 0 Å². The van der Waals surface area contributed by atoms with Gasteiger partial charge in [0, 0.05) is 142 Å². The molecule has 0 unspecified atom stereocenters. The van der Waals surface area contributed by atoms with Crippen molar-refractivity contribution in [2.75, 3.05) is 0 Å². The molecule has 0 saturated carbocycles. The van der Waals surface area contributed by atoms with E-state index >= 15 is 0 Å². The van der Waals surface area contributed by atoms with E-state index < -0.39 is 0 Å². The second-order valence-corrected chi connectivity index (χ2v) is 7.42. The van der Waals surface area contributed by atoms with Gasteiger partial charge in [-0.1, -0.05) is 84.9 Å². The predicted octanol–water partition coefficient (Wildman–Crippen LogP) is 9.03. The van der Waals surface area contributed by atoms with Gasteiger partial charge in [-0.25, -0.2) is 9.97 Å². The molecule has 2 heterocycles. The minimum Gasteiger partial charge on any atom is -0.472 e. The predicted molar refractivity (Wildman–Crippen MR) is 151 cm³/mol. The summed E-state index contributed by atoms with van der Waals surface area (Å²) in [6, 6.07) is 36.1. The van der Waals surface area contributed by atoms with E-state index in [-0.39, 0.29) is 153 Å². The molecule has 0 spiro atoms. The zero-order valence-corrected chi connectivity index (χ0v) is 34.6. The van der Waals surface area contributed by atoms with E-state index in [1.807, 2.05) is 97.1 Å². The monoisotopic (exact) mass is 830 g/mol. The fourth-order valence-electron chi connectivity index (χ4n) is 3.51. The van der Waals surface area contributed by atoms with Crippen molar-refractivity contribution in [3.63, 3.8) is 0 Å². The van der Waals surface area contributed by atoms with Crippen molar-refractivity contribution >= 4 is 11.1 Å². The van der Waals surface area contributed by atoms with E-state index in [0.29, 0.717) is 11.8 Å². The summed E-state index contributed by atoms with van der Waals surface area (Å²) >= 11 is 0. The van der Waals surface area contributed by atoms with Gasteiger partial charge in [0.25, 0.3) is 0 Å². The number of aromatic nitrogens is 2. The van der Waals surface area contributed by atoms with Gasteiger partial charge < -0.3 is 38.0 Å². The van der Waals surface area contributed by atoms with E-state index in [2.05, 4.69) is 29.0 Å². The third kappa shape index (κ3) is 11.9. The number of oxazole rings is 2. The van der Waals surface area contributed by atoms with Crippen molar-refractivity contribution in [2.24, 2.45) is 0 Å². The Bertz CT molecular complexity index is 1420. The maximum absolute atomic E-state index is 5.74. The van der Waals surface area contributed by atoms with Gasteiger partial charge in [-0.05, 0) is 35.4 Å². The summed E-state index contributed by atoms with van der Waals surface area (Å²) < 4.78 is 11.1. The fourth-order valence-corrected chi connectivity index (χ4v) is 3.51. The molecule has 0 aliphatic rings. The van der Waals surface area contributed by atoms with Crippen LogP contribution in [0.25, 0.3) is 45.0 Å². The van der Waals surface area contributed by atoms with Crippen molar-refractivity contribution in [1.82, 2.24) is 9.97 Å². The largest absolute Gasteiger partial charge is 0.472 e.